The number of benzene rings is 2. The predicted octanol–water partition coefficient (Wildman–Crippen LogP) is 3.91. The zero-order chi connectivity index (χ0) is 24.2. The Morgan fingerprint density at radius 3 is 2.53 bits per heavy atom. The molecule has 1 N–H and O–H groups in total. The molecule has 0 bridgehead atoms. The summed E-state index contributed by atoms with van der Waals surface area (Å²) in [4.78, 5) is 32.5. The van der Waals surface area contributed by atoms with E-state index in [4.69, 9.17) is 20.9 Å². The number of carbonyl (C=O) groups excluding carboxylic acids is 1. The molecular formula is C24H22ClN5O4. The Balaban J connectivity index is 1.86. The lowest BCUT2D eigenvalue weighted by molar-refractivity contribution is 0.101. The van der Waals surface area contributed by atoms with Crippen LogP contribution < -0.4 is 20.5 Å². The molecular weight excluding hydrogens is 458 g/mol. The van der Waals surface area contributed by atoms with Gasteiger partial charge in [0.2, 0.25) is 11.7 Å². The Hall–Kier alpha value is -4.11. The fourth-order valence-corrected chi connectivity index (χ4v) is 3.98. The van der Waals surface area contributed by atoms with E-state index >= 15 is 0 Å². The fourth-order valence-electron chi connectivity index (χ4n) is 3.74. The molecule has 0 fully saturated rings. The molecule has 0 aliphatic carbocycles. The lowest BCUT2D eigenvalue weighted by Gasteiger charge is -2.32. The average Bonchev–Trinajstić information content (AvgIpc) is 3.35. The topological polar surface area (TPSA) is 102 Å². The SMILES string of the molecule is COc1c(C(=O)Nc2cnoc2)nc(N(C)C(c2ccccc2)c2ccccc2Cl)n(C)c1=O. The normalized spacial score (nSPS) is 11.6. The molecule has 4 aromatic rings. The third-order valence-electron chi connectivity index (χ3n) is 5.35. The first kappa shape index (κ1) is 23.1. The van der Waals surface area contributed by atoms with Crippen molar-refractivity contribution in [2.75, 3.05) is 24.4 Å². The summed E-state index contributed by atoms with van der Waals surface area (Å²) in [7, 11) is 4.67. The Morgan fingerprint density at radius 1 is 1.18 bits per heavy atom. The summed E-state index contributed by atoms with van der Waals surface area (Å²) < 4.78 is 11.3. The van der Waals surface area contributed by atoms with E-state index in [0.29, 0.717) is 10.7 Å². The smallest absolute Gasteiger partial charge is 0.297 e. The lowest BCUT2D eigenvalue weighted by Crippen LogP contribution is -2.35. The maximum absolute atomic E-state index is 13.1. The molecule has 2 aromatic heterocycles. The summed E-state index contributed by atoms with van der Waals surface area (Å²) in [6, 6.07) is 16.8. The molecule has 9 nitrogen and oxygen atoms in total. The summed E-state index contributed by atoms with van der Waals surface area (Å²) in [5.41, 5.74) is 1.39. The molecule has 2 aromatic carbocycles. The van der Waals surface area contributed by atoms with Crippen LogP contribution in [-0.2, 0) is 7.05 Å². The Labute approximate surface area is 200 Å². The summed E-state index contributed by atoms with van der Waals surface area (Å²) in [6.07, 6.45) is 2.60. The Bertz CT molecular complexity index is 1360. The first-order valence-corrected chi connectivity index (χ1v) is 10.7. The molecule has 174 valence electrons. The van der Waals surface area contributed by atoms with E-state index in [1.165, 1.54) is 24.1 Å². The number of amides is 1. The van der Waals surface area contributed by atoms with Crippen molar-refractivity contribution in [3.05, 3.63) is 99.3 Å². The van der Waals surface area contributed by atoms with Gasteiger partial charge in [-0.15, -0.1) is 0 Å². The van der Waals surface area contributed by atoms with Crippen LogP contribution >= 0.6 is 11.6 Å². The van der Waals surface area contributed by atoms with Crippen molar-refractivity contribution in [2.24, 2.45) is 7.05 Å². The number of rotatable bonds is 7. The average molecular weight is 480 g/mol. The summed E-state index contributed by atoms with van der Waals surface area (Å²) in [6.45, 7) is 0. The third-order valence-corrected chi connectivity index (χ3v) is 5.70. The second-order valence-electron chi connectivity index (χ2n) is 7.47. The van der Waals surface area contributed by atoms with Crippen molar-refractivity contribution in [3.63, 3.8) is 0 Å². The largest absolute Gasteiger partial charge is 0.489 e. The molecule has 0 spiro atoms. The van der Waals surface area contributed by atoms with E-state index in [1.54, 1.807) is 25.1 Å². The quantitative estimate of drug-likeness (QED) is 0.428. The molecule has 10 heteroatoms. The number of ether oxygens (including phenoxy) is 1. The van der Waals surface area contributed by atoms with Gasteiger partial charge in [0.1, 0.15) is 12.0 Å². The lowest BCUT2D eigenvalue weighted by atomic mass is 9.97. The fraction of sp³-hybridized carbons (Fsp3) is 0.167. The number of carbonyl (C=O) groups is 1. The predicted molar refractivity (Wildman–Crippen MR) is 129 cm³/mol. The van der Waals surface area contributed by atoms with Crippen LogP contribution in [0.2, 0.25) is 5.02 Å². The molecule has 0 saturated heterocycles. The molecule has 1 unspecified atom stereocenters. The molecule has 1 amide bonds. The molecule has 0 aliphatic heterocycles. The van der Waals surface area contributed by atoms with Gasteiger partial charge in [-0.25, -0.2) is 4.98 Å². The third kappa shape index (κ3) is 4.38. The van der Waals surface area contributed by atoms with Crippen LogP contribution in [0.5, 0.6) is 5.75 Å². The zero-order valence-corrected chi connectivity index (χ0v) is 19.5. The summed E-state index contributed by atoms with van der Waals surface area (Å²) in [5, 5.41) is 6.72. The van der Waals surface area contributed by atoms with Gasteiger partial charge >= 0.3 is 0 Å². The highest BCUT2D eigenvalue weighted by Gasteiger charge is 2.28. The molecule has 0 radical (unpaired) electrons. The van der Waals surface area contributed by atoms with Crippen molar-refractivity contribution in [3.8, 4) is 5.75 Å². The number of nitrogens with one attached hydrogen (secondary N) is 1. The summed E-state index contributed by atoms with van der Waals surface area (Å²) in [5.74, 6) is -0.570. The van der Waals surface area contributed by atoms with Crippen molar-refractivity contribution in [2.45, 2.75) is 6.04 Å². The van der Waals surface area contributed by atoms with Crippen LogP contribution in [0.25, 0.3) is 0 Å². The van der Waals surface area contributed by atoms with Crippen molar-refractivity contribution in [1.29, 1.82) is 0 Å². The van der Waals surface area contributed by atoms with E-state index in [1.807, 2.05) is 48.5 Å². The van der Waals surface area contributed by atoms with Gasteiger partial charge in [-0.2, -0.15) is 0 Å². The zero-order valence-electron chi connectivity index (χ0n) is 18.7. The summed E-state index contributed by atoms with van der Waals surface area (Å²) >= 11 is 6.57. The van der Waals surface area contributed by atoms with Gasteiger partial charge < -0.3 is 19.5 Å². The number of methoxy groups -OCH3 is 1. The van der Waals surface area contributed by atoms with Gasteiger partial charge in [-0.1, -0.05) is 65.3 Å². The maximum Gasteiger partial charge on any atom is 0.297 e. The van der Waals surface area contributed by atoms with E-state index in [9.17, 15) is 9.59 Å². The van der Waals surface area contributed by atoms with E-state index in [2.05, 4.69) is 15.5 Å². The number of anilines is 2. The van der Waals surface area contributed by atoms with Gasteiger partial charge in [0, 0.05) is 19.1 Å². The van der Waals surface area contributed by atoms with Gasteiger partial charge in [0.25, 0.3) is 11.5 Å². The number of nitrogens with zero attached hydrogens (tertiary/aromatic N) is 4. The van der Waals surface area contributed by atoms with Crippen LogP contribution in [0.4, 0.5) is 11.6 Å². The highest BCUT2D eigenvalue weighted by atomic mass is 35.5. The maximum atomic E-state index is 13.1. The van der Waals surface area contributed by atoms with Crippen LogP contribution in [0.1, 0.15) is 27.7 Å². The minimum atomic E-state index is -0.638. The minimum absolute atomic E-state index is 0.167. The monoisotopic (exact) mass is 479 g/mol. The Morgan fingerprint density at radius 2 is 1.88 bits per heavy atom. The Kier molecular flexibility index (Phi) is 6.65. The van der Waals surface area contributed by atoms with Crippen LogP contribution in [-0.4, -0.2) is 34.8 Å². The molecule has 4 rings (SSSR count). The van der Waals surface area contributed by atoms with Crippen LogP contribution in [0.15, 0.2) is 76.4 Å². The van der Waals surface area contributed by atoms with Gasteiger partial charge in [-0.3, -0.25) is 14.2 Å². The molecule has 1 atom stereocenters. The van der Waals surface area contributed by atoms with Gasteiger partial charge in [0.15, 0.2) is 5.69 Å². The number of hydrogen-bond acceptors (Lipinski definition) is 7. The second kappa shape index (κ2) is 9.80. The number of hydrogen-bond donors (Lipinski definition) is 1. The first-order chi connectivity index (χ1) is 16.4. The van der Waals surface area contributed by atoms with E-state index in [0.717, 1.165) is 11.1 Å². The van der Waals surface area contributed by atoms with Gasteiger partial charge in [0.05, 0.1) is 19.3 Å². The van der Waals surface area contributed by atoms with E-state index in [-0.39, 0.29) is 17.4 Å². The highest BCUT2D eigenvalue weighted by molar-refractivity contribution is 6.31. The van der Waals surface area contributed by atoms with Crippen LogP contribution in [0.3, 0.4) is 0 Å². The van der Waals surface area contributed by atoms with Crippen LogP contribution in [0, 0.1) is 0 Å². The standard InChI is InChI=1S/C24H22ClN5O4/c1-29(20(15-9-5-4-6-10-15)17-11-7-8-12-18(17)25)24-28-19(21(33-3)23(32)30(24)2)22(31)27-16-13-26-34-14-16/h4-14,20H,1-3H3,(H,27,31). The number of aromatic nitrogens is 3. The van der Waals surface area contributed by atoms with E-state index < -0.39 is 17.5 Å². The first-order valence-electron chi connectivity index (χ1n) is 10.3. The van der Waals surface area contributed by atoms with Gasteiger partial charge in [-0.05, 0) is 17.2 Å². The molecule has 0 aliphatic rings. The molecule has 2 heterocycles. The number of halogens is 1. The molecule has 34 heavy (non-hydrogen) atoms. The second-order valence-corrected chi connectivity index (χ2v) is 7.88. The van der Waals surface area contributed by atoms with Crippen molar-refractivity contribution >= 4 is 29.1 Å². The molecule has 0 saturated carbocycles. The van der Waals surface area contributed by atoms with Crippen molar-refractivity contribution < 1.29 is 14.1 Å². The van der Waals surface area contributed by atoms with Crippen molar-refractivity contribution in [1.82, 2.24) is 14.7 Å². The minimum Gasteiger partial charge on any atom is -0.489 e. The highest BCUT2D eigenvalue weighted by Crippen LogP contribution is 2.34.